The number of benzene rings is 1. The van der Waals surface area contributed by atoms with Gasteiger partial charge in [0.15, 0.2) is 0 Å². The highest BCUT2D eigenvalue weighted by Gasteiger charge is 2.34. The Labute approximate surface area is 101 Å². The van der Waals surface area contributed by atoms with Crippen molar-refractivity contribution in [3.05, 3.63) is 41.1 Å². The summed E-state index contributed by atoms with van der Waals surface area (Å²) < 4.78 is 0. The minimum Gasteiger partial charge on any atom is -0.316 e. The van der Waals surface area contributed by atoms with Crippen molar-refractivity contribution in [1.29, 1.82) is 0 Å². The molecule has 2 aliphatic rings. The first-order valence-electron chi connectivity index (χ1n) is 6.43. The Morgan fingerprint density at radius 1 is 1.18 bits per heavy atom. The standard InChI is InChI=1S/C15H16N2/c1-9-2-3-17-15-6-14-11-4-10(7-16-8-11)13(14)5-12(9)15/h2-3,5-6,10-11,16H,4,7-8H2,1H3. The smallest absolute Gasteiger partial charge is 0.0707 e. The second-order valence-corrected chi connectivity index (χ2v) is 5.41. The molecule has 0 radical (unpaired) electrons. The van der Waals surface area contributed by atoms with Gasteiger partial charge in [-0.2, -0.15) is 0 Å². The number of nitrogens with zero attached hydrogens (tertiary/aromatic N) is 1. The highest BCUT2D eigenvalue weighted by molar-refractivity contribution is 5.84. The molecule has 1 aliphatic heterocycles. The topological polar surface area (TPSA) is 24.9 Å². The van der Waals surface area contributed by atoms with Crippen LogP contribution in [0.3, 0.4) is 0 Å². The number of piperidine rings is 1. The van der Waals surface area contributed by atoms with E-state index in [1.165, 1.54) is 17.4 Å². The van der Waals surface area contributed by atoms with Gasteiger partial charge in [0.25, 0.3) is 0 Å². The van der Waals surface area contributed by atoms with Crippen molar-refractivity contribution in [1.82, 2.24) is 10.3 Å². The zero-order chi connectivity index (χ0) is 11.4. The molecule has 2 heteroatoms. The predicted molar refractivity (Wildman–Crippen MR) is 69.4 cm³/mol. The van der Waals surface area contributed by atoms with E-state index in [2.05, 4.69) is 35.4 Å². The Morgan fingerprint density at radius 3 is 2.76 bits per heavy atom. The van der Waals surface area contributed by atoms with Gasteiger partial charge in [-0.05, 0) is 60.1 Å². The number of aryl methyl sites for hydroxylation is 1. The van der Waals surface area contributed by atoms with Crippen LogP contribution < -0.4 is 5.32 Å². The van der Waals surface area contributed by atoms with Crippen molar-refractivity contribution < 1.29 is 0 Å². The largest absolute Gasteiger partial charge is 0.316 e. The number of nitrogens with one attached hydrogen (secondary N) is 1. The van der Waals surface area contributed by atoms with Gasteiger partial charge in [0, 0.05) is 24.7 Å². The number of fused-ring (bicyclic) bond motifs is 6. The maximum atomic E-state index is 4.51. The van der Waals surface area contributed by atoms with Gasteiger partial charge < -0.3 is 5.32 Å². The van der Waals surface area contributed by atoms with Gasteiger partial charge in [-0.15, -0.1) is 0 Å². The molecule has 2 bridgehead atoms. The third-order valence-electron chi connectivity index (χ3n) is 4.39. The summed E-state index contributed by atoms with van der Waals surface area (Å²) in [5, 5.41) is 4.87. The molecule has 1 aromatic carbocycles. The van der Waals surface area contributed by atoms with Crippen molar-refractivity contribution in [2.24, 2.45) is 0 Å². The van der Waals surface area contributed by atoms with E-state index in [0.717, 1.165) is 30.4 Å². The molecule has 0 saturated carbocycles. The Morgan fingerprint density at radius 2 is 1.94 bits per heavy atom. The summed E-state index contributed by atoms with van der Waals surface area (Å²) in [5.74, 6) is 1.45. The number of hydrogen-bond donors (Lipinski definition) is 1. The summed E-state index contributed by atoms with van der Waals surface area (Å²) in [5.41, 5.74) is 5.62. The molecular weight excluding hydrogens is 208 g/mol. The van der Waals surface area contributed by atoms with Crippen LogP contribution in [-0.4, -0.2) is 18.1 Å². The Bertz CT molecular complexity index is 603. The molecule has 2 atom stereocenters. The highest BCUT2D eigenvalue weighted by atomic mass is 14.9. The van der Waals surface area contributed by atoms with Gasteiger partial charge >= 0.3 is 0 Å². The summed E-state index contributed by atoms with van der Waals surface area (Å²) in [6.45, 7) is 4.46. The Kier molecular flexibility index (Phi) is 1.86. The number of hydrogen-bond acceptors (Lipinski definition) is 2. The van der Waals surface area contributed by atoms with Gasteiger partial charge in [0.2, 0.25) is 0 Å². The van der Waals surface area contributed by atoms with E-state index >= 15 is 0 Å². The quantitative estimate of drug-likeness (QED) is 0.744. The fraction of sp³-hybridized carbons (Fsp3) is 0.400. The van der Waals surface area contributed by atoms with Gasteiger partial charge in [-0.3, -0.25) is 4.98 Å². The van der Waals surface area contributed by atoms with E-state index in [9.17, 15) is 0 Å². The van der Waals surface area contributed by atoms with E-state index in [1.54, 1.807) is 11.1 Å². The molecule has 2 heterocycles. The minimum absolute atomic E-state index is 0.718. The molecule has 1 N–H and O–H groups in total. The highest BCUT2D eigenvalue weighted by Crippen LogP contribution is 2.44. The summed E-state index contributed by atoms with van der Waals surface area (Å²) in [6, 6.07) is 6.83. The zero-order valence-corrected chi connectivity index (χ0v) is 10.0. The maximum Gasteiger partial charge on any atom is 0.0707 e. The Hall–Kier alpha value is -1.41. The van der Waals surface area contributed by atoms with E-state index in [4.69, 9.17) is 0 Å². The molecular formula is C15H16N2. The zero-order valence-electron chi connectivity index (χ0n) is 10.0. The normalized spacial score (nSPS) is 26.2. The molecule has 4 rings (SSSR count). The lowest BCUT2D eigenvalue weighted by Crippen LogP contribution is -2.28. The summed E-state index contributed by atoms with van der Waals surface area (Å²) in [6.07, 6.45) is 3.25. The van der Waals surface area contributed by atoms with Crippen LogP contribution in [-0.2, 0) is 0 Å². The van der Waals surface area contributed by atoms with E-state index in [-0.39, 0.29) is 0 Å². The van der Waals surface area contributed by atoms with Gasteiger partial charge in [0.1, 0.15) is 0 Å². The van der Waals surface area contributed by atoms with Crippen LogP contribution in [0, 0.1) is 6.92 Å². The van der Waals surface area contributed by atoms with Gasteiger partial charge in [-0.1, -0.05) is 0 Å². The molecule has 2 unspecified atom stereocenters. The molecule has 2 aromatic rings. The SMILES string of the molecule is Cc1ccnc2cc3c(cc12)C1CNCC3C1. The summed E-state index contributed by atoms with van der Waals surface area (Å²) >= 11 is 0. The van der Waals surface area contributed by atoms with Crippen LogP contribution in [0.25, 0.3) is 10.9 Å². The average Bonchev–Trinajstić information content (AvgIpc) is 2.60. The van der Waals surface area contributed by atoms with Gasteiger partial charge in [-0.25, -0.2) is 0 Å². The number of aromatic nitrogens is 1. The molecule has 86 valence electrons. The second kappa shape index (κ2) is 3.30. The lowest BCUT2D eigenvalue weighted by Gasteiger charge is -2.19. The van der Waals surface area contributed by atoms with Crippen molar-refractivity contribution in [2.75, 3.05) is 13.1 Å². The van der Waals surface area contributed by atoms with Crippen molar-refractivity contribution in [3.8, 4) is 0 Å². The van der Waals surface area contributed by atoms with Crippen LogP contribution in [0.15, 0.2) is 24.4 Å². The van der Waals surface area contributed by atoms with E-state index in [0.29, 0.717) is 0 Å². The van der Waals surface area contributed by atoms with E-state index < -0.39 is 0 Å². The Balaban J connectivity index is 2.03. The summed E-state index contributed by atoms with van der Waals surface area (Å²) in [7, 11) is 0. The lowest BCUT2D eigenvalue weighted by molar-refractivity contribution is 0.454. The van der Waals surface area contributed by atoms with Crippen LogP contribution in [0.1, 0.15) is 34.9 Å². The fourth-order valence-corrected chi connectivity index (χ4v) is 3.49. The fourth-order valence-electron chi connectivity index (χ4n) is 3.49. The predicted octanol–water partition coefficient (Wildman–Crippen LogP) is 2.72. The van der Waals surface area contributed by atoms with Crippen molar-refractivity contribution >= 4 is 10.9 Å². The van der Waals surface area contributed by atoms with Gasteiger partial charge in [0.05, 0.1) is 5.52 Å². The molecule has 0 amide bonds. The number of rotatable bonds is 0. The molecule has 17 heavy (non-hydrogen) atoms. The average molecular weight is 224 g/mol. The van der Waals surface area contributed by atoms with Crippen molar-refractivity contribution in [3.63, 3.8) is 0 Å². The number of pyridine rings is 1. The molecule has 2 nitrogen and oxygen atoms in total. The third kappa shape index (κ3) is 1.27. The molecule has 1 aliphatic carbocycles. The van der Waals surface area contributed by atoms with Crippen LogP contribution in [0.5, 0.6) is 0 Å². The monoisotopic (exact) mass is 224 g/mol. The maximum absolute atomic E-state index is 4.51. The second-order valence-electron chi connectivity index (χ2n) is 5.41. The molecule has 1 saturated heterocycles. The van der Waals surface area contributed by atoms with Crippen molar-refractivity contribution in [2.45, 2.75) is 25.2 Å². The molecule has 1 aromatic heterocycles. The molecule has 1 fully saturated rings. The van der Waals surface area contributed by atoms with Crippen LogP contribution in [0.4, 0.5) is 0 Å². The molecule has 0 spiro atoms. The first-order valence-corrected chi connectivity index (χ1v) is 6.43. The lowest BCUT2D eigenvalue weighted by atomic mass is 9.97. The minimum atomic E-state index is 0.718. The van der Waals surface area contributed by atoms with E-state index in [1.807, 2.05) is 6.20 Å². The first-order chi connectivity index (χ1) is 8.33. The van der Waals surface area contributed by atoms with Crippen LogP contribution in [0.2, 0.25) is 0 Å². The van der Waals surface area contributed by atoms with Crippen LogP contribution >= 0.6 is 0 Å². The first kappa shape index (κ1) is 9.60. The third-order valence-corrected chi connectivity index (χ3v) is 4.39. The summed E-state index contributed by atoms with van der Waals surface area (Å²) in [4.78, 5) is 4.51.